The number of phenolic OH excluding ortho intramolecular Hbond substituents is 1. The van der Waals surface area contributed by atoms with E-state index < -0.39 is 0 Å². The van der Waals surface area contributed by atoms with Gasteiger partial charge in [-0.05, 0) is 25.1 Å². The topological polar surface area (TPSA) is 73.3 Å². The van der Waals surface area contributed by atoms with Gasteiger partial charge >= 0.3 is 0 Å². The minimum absolute atomic E-state index is 0.216. The molecule has 6 nitrogen and oxygen atoms in total. The van der Waals surface area contributed by atoms with Gasteiger partial charge in [-0.15, -0.1) is 10.2 Å². The first kappa shape index (κ1) is 14.6. The standard InChI is InChI=1S/C16H21N5O/c1-11-10-18-7-8-21(11)14-9-13(19-20-16(14)17-2)12-5-3-4-6-15(12)22/h3-6,9,11,18,22H,7-8,10H2,1-2H3,(H,17,20)/t11-/m0/s1. The molecule has 22 heavy (non-hydrogen) atoms. The Bertz CT molecular complexity index is 661. The van der Waals surface area contributed by atoms with Gasteiger partial charge in [-0.2, -0.15) is 0 Å². The van der Waals surface area contributed by atoms with Crippen molar-refractivity contribution in [2.24, 2.45) is 0 Å². The number of phenols is 1. The summed E-state index contributed by atoms with van der Waals surface area (Å²) in [6, 6.07) is 9.57. The zero-order chi connectivity index (χ0) is 15.5. The van der Waals surface area contributed by atoms with Crippen LogP contribution in [-0.4, -0.2) is 48.0 Å². The first-order valence-electron chi connectivity index (χ1n) is 7.52. The van der Waals surface area contributed by atoms with Gasteiger partial charge in [0.2, 0.25) is 0 Å². The number of piperazine rings is 1. The molecule has 0 bridgehead atoms. The third kappa shape index (κ3) is 2.69. The van der Waals surface area contributed by atoms with Gasteiger partial charge < -0.3 is 20.6 Å². The number of nitrogens with one attached hydrogen (secondary N) is 2. The third-order valence-corrected chi connectivity index (χ3v) is 4.00. The summed E-state index contributed by atoms with van der Waals surface area (Å²) in [4.78, 5) is 2.32. The van der Waals surface area contributed by atoms with E-state index in [0.29, 0.717) is 17.3 Å². The molecular weight excluding hydrogens is 278 g/mol. The Morgan fingerprint density at radius 2 is 2.14 bits per heavy atom. The summed E-state index contributed by atoms with van der Waals surface area (Å²) in [5.41, 5.74) is 2.39. The van der Waals surface area contributed by atoms with E-state index >= 15 is 0 Å². The molecule has 0 amide bonds. The number of para-hydroxylation sites is 1. The number of nitrogens with zero attached hydrogens (tertiary/aromatic N) is 3. The molecule has 1 fully saturated rings. The predicted molar refractivity (Wildman–Crippen MR) is 88.4 cm³/mol. The first-order valence-corrected chi connectivity index (χ1v) is 7.52. The molecule has 1 aliphatic rings. The summed E-state index contributed by atoms with van der Waals surface area (Å²) in [6.07, 6.45) is 0. The summed E-state index contributed by atoms with van der Waals surface area (Å²) >= 11 is 0. The number of benzene rings is 1. The van der Waals surface area contributed by atoms with E-state index in [2.05, 4.69) is 32.7 Å². The quantitative estimate of drug-likeness (QED) is 0.801. The van der Waals surface area contributed by atoms with Crippen LogP contribution in [0.25, 0.3) is 11.3 Å². The van der Waals surface area contributed by atoms with Crippen LogP contribution in [0.2, 0.25) is 0 Å². The zero-order valence-corrected chi connectivity index (χ0v) is 12.9. The van der Waals surface area contributed by atoms with Crippen LogP contribution in [0.15, 0.2) is 30.3 Å². The van der Waals surface area contributed by atoms with Crippen molar-refractivity contribution >= 4 is 11.5 Å². The Morgan fingerprint density at radius 1 is 1.32 bits per heavy atom. The third-order valence-electron chi connectivity index (χ3n) is 4.00. The Kier molecular flexibility index (Phi) is 4.11. The molecule has 0 spiro atoms. The number of rotatable bonds is 3. The fourth-order valence-electron chi connectivity index (χ4n) is 2.80. The summed E-state index contributed by atoms with van der Waals surface area (Å²) in [7, 11) is 1.85. The van der Waals surface area contributed by atoms with Crippen LogP contribution >= 0.6 is 0 Å². The zero-order valence-electron chi connectivity index (χ0n) is 12.9. The molecule has 0 saturated carbocycles. The van der Waals surface area contributed by atoms with E-state index in [1.165, 1.54) is 0 Å². The van der Waals surface area contributed by atoms with Gasteiger partial charge in [0.1, 0.15) is 5.75 Å². The highest BCUT2D eigenvalue weighted by Crippen LogP contribution is 2.33. The smallest absolute Gasteiger partial charge is 0.172 e. The van der Waals surface area contributed by atoms with Gasteiger partial charge in [0.05, 0.1) is 11.4 Å². The molecule has 116 valence electrons. The lowest BCUT2D eigenvalue weighted by Gasteiger charge is -2.36. The molecule has 2 heterocycles. The van der Waals surface area contributed by atoms with Gasteiger partial charge in [0.25, 0.3) is 0 Å². The fraction of sp³-hybridized carbons (Fsp3) is 0.375. The number of anilines is 2. The number of hydrogen-bond donors (Lipinski definition) is 3. The van der Waals surface area contributed by atoms with Crippen molar-refractivity contribution in [3.63, 3.8) is 0 Å². The average molecular weight is 299 g/mol. The summed E-state index contributed by atoms with van der Waals surface area (Å²) in [5.74, 6) is 0.973. The monoisotopic (exact) mass is 299 g/mol. The van der Waals surface area contributed by atoms with E-state index in [1.807, 2.05) is 25.2 Å². The van der Waals surface area contributed by atoms with Crippen LogP contribution in [0, 0.1) is 0 Å². The van der Waals surface area contributed by atoms with E-state index in [0.717, 1.165) is 31.1 Å². The minimum Gasteiger partial charge on any atom is -0.507 e. The van der Waals surface area contributed by atoms with Crippen LogP contribution in [0.3, 0.4) is 0 Å². The molecule has 0 aliphatic carbocycles. The second-order valence-corrected chi connectivity index (χ2v) is 5.48. The van der Waals surface area contributed by atoms with Crippen molar-refractivity contribution < 1.29 is 5.11 Å². The van der Waals surface area contributed by atoms with E-state index in [4.69, 9.17) is 0 Å². The van der Waals surface area contributed by atoms with Crippen LogP contribution < -0.4 is 15.5 Å². The predicted octanol–water partition coefficient (Wildman–Crippen LogP) is 1.69. The lowest BCUT2D eigenvalue weighted by Crippen LogP contribution is -2.50. The van der Waals surface area contributed by atoms with Crippen LogP contribution in [-0.2, 0) is 0 Å². The molecule has 1 aliphatic heterocycles. The fourth-order valence-corrected chi connectivity index (χ4v) is 2.80. The normalized spacial score (nSPS) is 18.3. The average Bonchev–Trinajstić information content (AvgIpc) is 2.55. The highest BCUT2D eigenvalue weighted by atomic mass is 16.3. The largest absolute Gasteiger partial charge is 0.507 e. The number of aromatic nitrogens is 2. The van der Waals surface area contributed by atoms with E-state index in [-0.39, 0.29) is 5.75 Å². The second kappa shape index (κ2) is 6.19. The molecule has 0 unspecified atom stereocenters. The van der Waals surface area contributed by atoms with Crippen LogP contribution in [0.1, 0.15) is 6.92 Å². The molecule has 1 saturated heterocycles. The van der Waals surface area contributed by atoms with Gasteiger partial charge in [0.15, 0.2) is 5.82 Å². The molecule has 0 radical (unpaired) electrons. The van der Waals surface area contributed by atoms with Gasteiger partial charge in [0, 0.05) is 38.3 Å². The number of aromatic hydroxyl groups is 1. The highest BCUT2D eigenvalue weighted by Gasteiger charge is 2.22. The highest BCUT2D eigenvalue weighted by molar-refractivity contribution is 5.75. The summed E-state index contributed by atoms with van der Waals surface area (Å²) in [6.45, 7) is 4.99. The maximum atomic E-state index is 10.0. The Morgan fingerprint density at radius 3 is 2.86 bits per heavy atom. The SMILES string of the molecule is CNc1nnc(-c2ccccc2O)cc1N1CCNC[C@@H]1C. The molecule has 3 rings (SSSR count). The molecular formula is C16H21N5O. The molecule has 1 atom stereocenters. The van der Waals surface area contributed by atoms with Crippen molar-refractivity contribution in [2.45, 2.75) is 13.0 Å². The van der Waals surface area contributed by atoms with Crippen molar-refractivity contribution in [3.8, 4) is 17.0 Å². The number of hydrogen-bond acceptors (Lipinski definition) is 6. The molecule has 2 aromatic rings. The van der Waals surface area contributed by atoms with Crippen molar-refractivity contribution in [1.29, 1.82) is 0 Å². The van der Waals surface area contributed by atoms with Crippen molar-refractivity contribution in [1.82, 2.24) is 15.5 Å². The first-order chi connectivity index (χ1) is 10.7. The van der Waals surface area contributed by atoms with E-state index in [9.17, 15) is 5.11 Å². The molecule has 1 aromatic heterocycles. The van der Waals surface area contributed by atoms with Gasteiger partial charge in [-0.3, -0.25) is 0 Å². The Balaban J connectivity index is 2.05. The Labute approximate surface area is 130 Å². The van der Waals surface area contributed by atoms with Gasteiger partial charge in [-0.25, -0.2) is 0 Å². The maximum Gasteiger partial charge on any atom is 0.172 e. The lowest BCUT2D eigenvalue weighted by atomic mass is 10.1. The molecule has 6 heteroatoms. The van der Waals surface area contributed by atoms with Crippen molar-refractivity contribution in [2.75, 3.05) is 36.9 Å². The minimum atomic E-state index is 0.216. The second-order valence-electron chi connectivity index (χ2n) is 5.48. The molecule has 3 N–H and O–H groups in total. The molecule has 1 aromatic carbocycles. The maximum absolute atomic E-state index is 10.0. The van der Waals surface area contributed by atoms with E-state index in [1.54, 1.807) is 12.1 Å². The Hall–Kier alpha value is -2.34. The van der Waals surface area contributed by atoms with Crippen LogP contribution in [0.4, 0.5) is 11.5 Å². The lowest BCUT2D eigenvalue weighted by molar-refractivity contribution is 0.477. The summed E-state index contributed by atoms with van der Waals surface area (Å²) < 4.78 is 0. The van der Waals surface area contributed by atoms with Gasteiger partial charge in [-0.1, -0.05) is 12.1 Å². The van der Waals surface area contributed by atoms with Crippen LogP contribution in [0.5, 0.6) is 5.75 Å². The summed E-state index contributed by atoms with van der Waals surface area (Å²) in [5, 5.41) is 25.1. The van der Waals surface area contributed by atoms with Crippen molar-refractivity contribution in [3.05, 3.63) is 30.3 Å².